The monoisotopic (exact) mass is 472 g/mol. The molecule has 0 bridgehead atoms. The van der Waals surface area contributed by atoms with Gasteiger partial charge in [0, 0.05) is 10.6 Å². The Kier molecular flexibility index (Phi) is 8.85. The van der Waals surface area contributed by atoms with E-state index in [2.05, 4.69) is 6.92 Å². The first-order valence-electron chi connectivity index (χ1n) is 13.2. The summed E-state index contributed by atoms with van der Waals surface area (Å²) in [6.07, 6.45) is 15.3. The maximum Gasteiger partial charge on any atom is 0.129 e. The van der Waals surface area contributed by atoms with Gasteiger partial charge in [-0.2, -0.15) is 0 Å². The van der Waals surface area contributed by atoms with E-state index < -0.39 is 0 Å². The van der Waals surface area contributed by atoms with Crippen molar-refractivity contribution >= 4 is 11.6 Å². The SMILES string of the molecule is CC[C@H]1CC[C@H](CCC2CCC(c3cc(F)c(CCc4ccc(Cl)cc4)c(F)c3)CC2)CC1. The first kappa shape index (κ1) is 24.7. The van der Waals surface area contributed by atoms with Crippen LogP contribution in [0.3, 0.4) is 0 Å². The third-order valence-corrected chi connectivity index (χ3v) is 8.84. The maximum atomic E-state index is 14.8. The summed E-state index contributed by atoms with van der Waals surface area (Å²) in [4.78, 5) is 0. The van der Waals surface area contributed by atoms with Gasteiger partial charge < -0.3 is 0 Å². The predicted octanol–water partition coefficient (Wildman–Crippen LogP) is 9.67. The van der Waals surface area contributed by atoms with Gasteiger partial charge in [-0.25, -0.2) is 8.78 Å². The molecule has 0 aliphatic heterocycles. The van der Waals surface area contributed by atoms with Gasteiger partial charge in [-0.05, 0) is 97.6 Å². The van der Waals surface area contributed by atoms with Gasteiger partial charge in [-0.1, -0.05) is 75.6 Å². The van der Waals surface area contributed by atoms with Crippen LogP contribution in [0.2, 0.25) is 5.02 Å². The van der Waals surface area contributed by atoms with Crippen LogP contribution in [0.5, 0.6) is 0 Å². The van der Waals surface area contributed by atoms with Crippen molar-refractivity contribution in [3.05, 3.63) is 69.7 Å². The summed E-state index contributed by atoms with van der Waals surface area (Å²) in [5.41, 5.74) is 2.11. The molecule has 0 nitrogen and oxygen atoms in total. The van der Waals surface area contributed by atoms with E-state index in [-0.39, 0.29) is 17.2 Å². The van der Waals surface area contributed by atoms with Gasteiger partial charge in [0.05, 0.1) is 0 Å². The molecule has 2 aromatic carbocycles. The van der Waals surface area contributed by atoms with Crippen molar-refractivity contribution in [1.82, 2.24) is 0 Å². The Hall–Kier alpha value is -1.41. The lowest BCUT2D eigenvalue weighted by Gasteiger charge is -2.32. The Morgan fingerprint density at radius 2 is 1.24 bits per heavy atom. The van der Waals surface area contributed by atoms with Crippen molar-refractivity contribution < 1.29 is 8.78 Å². The van der Waals surface area contributed by atoms with Crippen LogP contribution in [0.4, 0.5) is 8.78 Å². The summed E-state index contributed by atoms with van der Waals surface area (Å²) in [6.45, 7) is 2.33. The van der Waals surface area contributed by atoms with Crippen molar-refractivity contribution in [2.24, 2.45) is 17.8 Å². The normalized spacial score (nSPS) is 25.8. The number of aryl methyl sites for hydroxylation is 1. The van der Waals surface area contributed by atoms with E-state index in [0.29, 0.717) is 23.8 Å². The van der Waals surface area contributed by atoms with Crippen LogP contribution in [-0.2, 0) is 12.8 Å². The van der Waals surface area contributed by atoms with Crippen molar-refractivity contribution in [3.63, 3.8) is 0 Å². The minimum atomic E-state index is -0.385. The third kappa shape index (κ3) is 6.81. The van der Waals surface area contributed by atoms with Gasteiger partial charge in [0.1, 0.15) is 11.6 Å². The van der Waals surface area contributed by atoms with Crippen LogP contribution in [-0.4, -0.2) is 0 Å². The Labute approximate surface area is 204 Å². The smallest absolute Gasteiger partial charge is 0.129 e. The molecule has 0 saturated heterocycles. The van der Waals surface area contributed by atoms with Crippen LogP contribution in [0, 0.1) is 29.4 Å². The summed E-state index contributed by atoms with van der Waals surface area (Å²) >= 11 is 5.92. The predicted molar refractivity (Wildman–Crippen MR) is 135 cm³/mol. The van der Waals surface area contributed by atoms with Crippen LogP contribution >= 0.6 is 11.6 Å². The quantitative estimate of drug-likeness (QED) is 0.358. The zero-order valence-corrected chi connectivity index (χ0v) is 20.9. The summed E-state index contributed by atoms with van der Waals surface area (Å²) in [7, 11) is 0. The molecule has 4 rings (SSSR count). The molecule has 0 aromatic heterocycles. The third-order valence-electron chi connectivity index (χ3n) is 8.59. The van der Waals surface area contributed by atoms with Crippen molar-refractivity contribution in [3.8, 4) is 0 Å². The van der Waals surface area contributed by atoms with Crippen LogP contribution in [0.25, 0.3) is 0 Å². The van der Waals surface area contributed by atoms with E-state index in [1.807, 2.05) is 24.3 Å². The fourth-order valence-electron chi connectivity index (χ4n) is 6.20. The first-order valence-corrected chi connectivity index (χ1v) is 13.6. The lowest BCUT2D eigenvalue weighted by molar-refractivity contribution is 0.227. The van der Waals surface area contributed by atoms with Crippen molar-refractivity contribution in [2.45, 2.75) is 96.3 Å². The van der Waals surface area contributed by atoms with E-state index in [0.717, 1.165) is 41.7 Å². The minimum absolute atomic E-state index is 0.209. The molecule has 2 aromatic rings. The number of halogens is 3. The van der Waals surface area contributed by atoms with Crippen LogP contribution in [0.1, 0.15) is 100 Å². The molecule has 3 heteroatoms. The highest BCUT2D eigenvalue weighted by Gasteiger charge is 2.26. The molecule has 0 atom stereocenters. The number of benzene rings is 2. The van der Waals surface area contributed by atoms with Gasteiger partial charge in [-0.15, -0.1) is 0 Å². The highest BCUT2D eigenvalue weighted by molar-refractivity contribution is 6.30. The van der Waals surface area contributed by atoms with E-state index in [4.69, 9.17) is 11.6 Å². The zero-order chi connectivity index (χ0) is 23.2. The van der Waals surface area contributed by atoms with Gasteiger partial charge in [0.25, 0.3) is 0 Å². The fraction of sp³-hybridized carbons (Fsp3) is 0.600. The Morgan fingerprint density at radius 1 is 0.727 bits per heavy atom. The molecule has 0 N–H and O–H groups in total. The molecule has 0 spiro atoms. The second kappa shape index (κ2) is 11.8. The second-order valence-electron chi connectivity index (χ2n) is 10.7. The average Bonchev–Trinajstić information content (AvgIpc) is 2.84. The molecule has 0 heterocycles. The number of rotatable bonds is 8. The molecule has 180 valence electrons. The van der Waals surface area contributed by atoms with Gasteiger partial charge >= 0.3 is 0 Å². The van der Waals surface area contributed by atoms with Gasteiger partial charge in [0.15, 0.2) is 0 Å². The average molecular weight is 473 g/mol. The van der Waals surface area contributed by atoms with Crippen molar-refractivity contribution in [2.75, 3.05) is 0 Å². The standard InChI is InChI=1S/C30H39ClF2/c1-2-21-3-5-22(6-4-21)7-8-23-9-14-25(15-10-23)26-19-29(32)28(30(33)20-26)18-13-24-11-16-27(31)17-12-24/h11-12,16-17,19-23,25H,2-10,13-15,18H2,1H3/t21-,22-,23?,25?. The molecule has 0 unspecified atom stereocenters. The van der Waals surface area contributed by atoms with Gasteiger partial charge in [-0.3, -0.25) is 0 Å². The maximum absolute atomic E-state index is 14.8. The largest absolute Gasteiger partial charge is 0.207 e. The summed E-state index contributed by atoms with van der Waals surface area (Å²) in [6, 6.07) is 10.7. The van der Waals surface area contributed by atoms with E-state index in [1.54, 1.807) is 12.1 Å². The molecule has 2 fully saturated rings. The van der Waals surface area contributed by atoms with Crippen LogP contribution in [0.15, 0.2) is 36.4 Å². The zero-order valence-electron chi connectivity index (χ0n) is 20.1. The summed E-state index contributed by atoms with van der Waals surface area (Å²) in [5.74, 6) is 2.25. The molecule has 2 saturated carbocycles. The fourth-order valence-corrected chi connectivity index (χ4v) is 6.33. The molecular formula is C30H39ClF2. The molecule has 33 heavy (non-hydrogen) atoms. The Balaban J connectivity index is 1.25. The lowest BCUT2D eigenvalue weighted by Crippen LogP contribution is -2.17. The summed E-state index contributed by atoms with van der Waals surface area (Å²) in [5, 5.41) is 0.675. The van der Waals surface area contributed by atoms with Crippen LogP contribution < -0.4 is 0 Å². The number of hydrogen-bond acceptors (Lipinski definition) is 0. The summed E-state index contributed by atoms with van der Waals surface area (Å²) < 4.78 is 29.7. The molecule has 2 aliphatic rings. The first-order chi connectivity index (χ1) is 16.0. The highest BCUT2D eigenvalue weighted by Crippen LogP contribution is 2.40. The highest BCUT2D eigenvalue weighted by atomic mass is 35.5. The topological polar surface area (TPSA) is 0 Å². The van der Waals surface area contributed by atoms with E-state index in [9.17, 15) is 8.78 Å². The van der Waals surface area contributed by atoms with Gasteiger partial charge in [0.2, 0.25) is 0 Å². The minimum Gasteiger partial charge on any atom is -0.207 e. The molecule has 0 radical (unpaired) electrons. The van der Waals surface area contributed by atoms with E-state index in [1.165, 1.54) is 57.8 Å². The second-order valence-corrected chi connectivity index (χ2v) is 11.1. The molecule has 0 amide bonds. The molecule has 2 aliphatic carbocycles. The van der Waals surface area contributed by atoms with Crippen molar-refractivity contribution in [1.29, 1.82) is 0 Å². The Bertz CT molecular complexity index is 852. The lowest BCUT2D eigenvalue weighted by atomic mass is 9.74. The van der Waals surface area contributed by atoms with E-state index >= 15 is 0 Å². The number of hydrogen-bond donors (Lipinski definition) is 0. The Morgan fingerprint density at radius 3 is 1.79 bits per heavy atom. The molecular weight excluding hydrogens is 434 g/mol.